The number of para-hydroxylation sites is 1. The number of hydrogen-bond donors (Lipinski definition) is 1. The summed E-state index contributed by atoms with van der Waals surface area (Å²) in [5, 5.41) is 4.73. The fourth-order valence-electron chi connectivity index (χ4n) is 3.33. The van der Waals surface area contributed by atoms with Gasteiger partial charge >= 0.3 is 6.03 Å². The number of hydrogen-bond acceptors (Lipinski definition) is 3. The molecule has 0 aliphatic carbocycles. The van der Waals surface area contributed by atoms with E-state index in [1.807, 2.05) is 59.6 Å². The first kappa shape index (κ1) is 17.8. The van der Waals surface area contributed by atoms with Crippen LogP contribution in [0.3, 0.4) is 0 Å². The van der Waals surface area contributed by atoms with Gasteiger partial charge in [0.15, 0.2) is 0 Å². The van der Waals surface area contributed by atoms with Crippen molar-refractivity contribution >= 4 is 34.2 Å². The smallest absolute Gasteiger partial charge is 0.321 e. The molecule has 6 heteroatoms. The van der Waals surface area contributed by atoms with Gasteiger partial charge in [-0.05, 0) is 42.0 Å². The van der Waals surface area contributed by atoms with Gasteiger partial charge in [0.05, 0.1) is 5.52 Å². The minimum absolute atomic E-state index is 0.0390. The van der Waals surface area contributed by atoms with Crippen molar-refractivity contribution in [1.82, 2.24) is 14.8 Å². The molecule has 1 saturated heterocycles. The summed E-state index contributed by atoms with van der Waals surface area (Å²) in [6.45, 7) is 3.94. The van der Waals surface area contributed by atoms with Crippen molar-refractivity contribution in [1.29, 1.82) is 0 Å². The number of halogens is 1. The summed E-state index contributed by atoms with van der Waals surface area (Å²) in [5.41, 5.74) is 2.93. The lowest BCUT2D eigenvalue weighted by atomic mass is 10.1. The molecule has 2 heterocycles. The summed E-state index contributed by atoms with van der Waals surface area (Å²) in [5.74, 6) is 0. The van der Waals surface area contributed by atoms with Gasteiger partial charge < -0.3 is 10.2 Å². The van der Waals surface area contributed by atoms with Crippen LogP contribution in [-0.4, -0.2) is 47.0 Å². The highest BCUT2D eigenvalue weighted by atomic mass is 35.5. The Hall–Kier alpha value is -2.63. The zero-order valence-corrected chi connectivity index (χ0v) is 15.7. The summed E-state index contributed by atoms with van der Waals surface area (Å²) in [7, 11) is 0. The van der Waals surface area contributed by atoms with Crippen LogP contribution in [0.25, 0.3) is 10.9 Å². The minimum Gasteiger partial charge on any atom is -0.322 e. The highest BCUT2D eigenvalue weighted by Crippen LogP contribution is 2.20. The Morgan fingerprint density at radius 2 is 1.81 bits per heavy atom. The molecule has 0 radical (unpaired) electrons. The van der Waals surface area contributed by atoms with Crippen molar-refractivity contribution in [3.05, 3.63) is 71.4 Å². The molecule has 2 amide bonds. The molecular weight excluding hydrogens is 360 g/mol. The molecule has 0 atom stereocenters. The second-order valence-electron chi connectivity index (χ2n) is 6.74. The quantitative estimate of drug-likeness (QED) is 0.739. The van der Waals surface area contributed by atoms with E-state index in [1.54, 1.807) is 0 Å². The number of fused-ring (bicyclic) bond motifs is 1. The molecule has 1 fully saturated rings. The highest BCUT2D eigenvalue weighted by molar-refractivity contribution is 6.31. The molecule has 3 aromatic rings. The molecule has 27 heavy (non-hydrogen) atoms. The molecule has 1 N–H and O–H groups in total. The summed E-state index contributed by atoms with van der Waals surface area (Å²) >= 11 is 6.09. The zero-order valence-electron chi connectivity index (χ0n) is 14.9. The van der Waals surface area contributed by atoms with Crippen molar-refractivity contribution in [3.63, 3.8) is 0 Å². The normalized spacial score (nSPS) is 15.1. The van der Waals surface area contributed by atoms with Crippen molar-refractivity contribution < 1.29 is 4.79 Å². The van der Waals surface area contributed by atoms with Crippen LogP contribution in [-0.2, 0) is 6.54 Å². The number of pyridine rings is 1. The Kier molecular flexibility index (Phi) is 5.23. The first-order valence-corrected chi connectivity index (χ1v) is 9.43. The molecule has 1 aromatic heterocycles. The number of nitrogens with zero attached hydrogens (tertiary/aromatic N) is 3. The van der Waals surface area contributed by atoms with Gasteiger partial charge in [-0.1, -0.05) is 29.8 Å². The standard InChI is InChI=1S/C21H21ClN4O/c22-18-6-7-20-17(13-18)12-16(14-23-20)15-25-8-10-26(11-9-25)21(27)24-19-4-2-1-3-5-19/h1-7,12-14H,8-11,15H2,(H,24,27). The number of benzene rings is 2. The lowest BCUT2D eigenvalue weighted by Crippen LogP contribution is -2.49. The monoisotopic (exact) mass is 380 g/mol. The van der Waals surface area contributed by atoms with Crippen molar-refractivity contribution in [2.24, 2.45) is 0 Å². The molecular formula is C21H21ClN4O. The van der Waals surface area contributed by atoms with Crippen LogP contribution in [0.4, 0.5) is 10.5 Å². The van der Waals surface area contributed by atoms with Gasteiger partial charge in [0.2, 0.25) is 0 Å². The number of rotatable bonds is 3. The largest absolute Gasteiger partial charge is 0.322 e. The van der Waals surface area contributed by atoms with Crippen LogP contribution >= 0.6 is 11.6 Å². The SMILES string of the molecule is O=C(Nc1ccccc1)N1CCN(Cc2cnc3ccc(Cl)cc3c2)CC1. The molecule has 1 aliphatic heterocycles. The van der Waals surface area contributed by atoms with Gasteiger partial charge in [-0.2, -0.15) is 0 Å². The van der Waals surface area contributed by atoms with Crippen LogP contribution in [0.15, 0.2) is 60.8 Å². The maximum atomic E-state index is 12.4. The van der Waals surface area contributed by atoms with Crippen molar-refractivity contribution in [2.45, 2.75) is 6.54 Å². The van der Waals surface area contributed by atoms with Crippen LogP contribution in [0.5, 0.6) is 0 Å². The lowest BCUT2D eigenvalue weighted by Gasteiger charge is -2.34. The summed E-state index contributed by atoms with van der Waals surface area (Å²) in [6.07, 6.45) is 1.92. The molecule has 4 rings (SSSR count). The minimum atomic E-state index is -0.0390. The van der Waals surface area contributed by atoms with E-state index in [0.717, 1.165) is 46.8 Å². The first-order valence-electron chi connectivity index (χ1n) is 9.05. The Morgan fingerprint density at radius 1 is 1.04 bits per heavy atom. The van der Waals surface area contributed by atoms with Gasteiger partial charge in [0, 0.05) is 55.0 Å². The van der Waals surface area contributed by atoms with Gasteiger partial charge in [0.25, 0.3) is 0 Å². The number of piperazine rings is 1. The number of aromatic nitrogens is 1. The lowest BCUT2D eigenvalue weighted by molar-refractivity contribution is 0.143. The number of carbonyl (C=O) groups excluding carboxylic acids is 1. The summed E-state index contributed by atoms with van der Waals surface area (Å²) in [6, 6.07) is 17.4. The van der Waals surface area contributed by atoms with E-state index >= 15 is 0 Å². The molecule has 0 saturated carbocycles. The topological polar surface area (TPSA) is 48.5 Å². The third-order valence-electron chi connectivity index (χ3n) is 4.79. The Labute approximate surface area is 163 Å². The maximum absolute atomic E-state index is 12.4. The average Bonchev–Trinajstić information content (AvgIpc) is 2.69. The Bertz CT molecular complexity index is 939. The molecule has 0 unspecified atom stereocenters. The second kappa shape index (κ2) is 7.94. The van der Waals surface area contributed by atoms with Crippen LogP contribution in [0, 0.1) is 0 Å². The van der Waals surface area contributed by atoms with Crippen LogP contribution in [0.2, 0.25) is 5.02 Å². The van der Waals surface area contributed by atoms with Gasteiger partial charge in [-0.25, -0.2) is 4.79 Å². The summed E-state index contributed by atoms with van der Waals surface area (Å²) < 4.78 is 0. The predicted octanol–water partition coefficient (Wildman–Crippen LogP) is 4.24. The van der Waals surface area contributed by atoms with Crippen LogP contribution < -0.4 is 5.32 Å². The fourth-order valence-corrected chi connectivity index (χ4v) is 3.51. The zero-order chi connectivity index (χ0) is 18.6. The molecule has 1 aliphatic rings. The van der Waals surface area contributed by atoms with E-state index in [9.17, 15) is 4.79 Å². The Balaban J connectivity index is 1.33. The van der Waals surface area contributed by atoms with E-state index in [-0.39, 0.29) is 6.03 Å². The van der Waals surface area contributed by atoms with E-state index in [4.69, 9.17) is 11.6 Å². The third-order valence-corrected chi connectivity index (χ3v) is 5.03. The summed E-state index contributed by atoms with van der Waals surface area (Å²) in [4.78, 5) is 21.1. The van der Waals surface area contributed by atoms with Gasteiger partial charge in [-0.3, -0.25) is 9.88 Å². The second-order valence-corrected chi connectivity index (χ2v) is 7.18. The number of nitrogens with one attached hydrogen (secondary N) is 1. The Morgan fingerprint density at radius 3 is 2.59 bits per heavy atom. The number of anilines is 1. The molecule has 2 aromatic carbocycles. The molecule has 0 spiro atoms. The van der Waals surface area contributed by atoms with E-state index in [2.05, 4.69) is 21.3 Å². The first-order chi connectivity index (χ1) is 13.2. The number of carbonyl (C=O) groups is 1. The number of amides is 2. The van der Waals surface area contributed by atoms with E-state index in [1.165, 1.54) is 0 Å². The van der Waals surface area contributed by atoms with Crippen LogP contribution in [0.1, 0.15) is 5.56 Å². The maximum Gasteiger partial charge on any atom is 0.321 e. The van der Waals surface area contributed by atoms with Crippen molar-refractivity contribution in [3.8, 4) is 0 Å². The predicted molar refractivity (Wildman–Crippen MR) is 109 cm³/mol. The number of urea groups is 1. The highest BCUT2D eigenvalue weighted by Gasteiger charge is 2.21. The van der Waals surface area contributed by atoms with E-state index in [0.29, 0.717) is 13.1 Å². The third kappa shape index (κ3) is 4.38. The van der Waals surface area contributed by atoms with Gasteiger partial charge in [0.1, 0.15) is 0 Å². The molecule has 0 bridgehead atoms. The average molecular weight is 381 g/mol. The van der Waals surface area contributed by atoms with E-state index < -0.39 is 0 Å². The molecule has 5 nitrogen and oxygen atoms in total. The van der Waals surface area contributed by atoms with Crippen molar-refractivity contribution in [2.75, 3.05) is 31.5 Å². The van der Waals surface area contributed by atoms with Gasteiger partial charge in [-0.15, -0.1) is 0 Å². The fraction of sp³-hybridized carbons (Fsp3) is 0.238. The molecule has 138 valence electrons.